The summed E-state index contributed by atoms with van der Waals surface area (Å²) in [4.78, 5) is 14.0. The summed E-state index contributed by atoms with van der Waals surface area (Å²) >= 11 is 0. The third kappa shape index (κ3) is 2.64. The monoisotopic (exact) mass is 248 g/mol. The molecule has 0 spiro atoms. The first-order chi connectivity index (χ1) is 8.74. The van der Waals surface area contributed by atoms with E-state index >= 15 is 0 Å². The zero-order chi connectivity index (χ0) is 13.0. The molecule has 1 aromatic rings. The fourth-order valence-corrected chi connectivity index (χ4v) is 2.13. The summed E-state index contributed by atoms with van der Waals surface area (Å²) in [6.07, 6.45) is 0.555. The SMILES string of the molecule is CCNCCCN1C(=O)C(C)Oc2ccccc21. The van der Waals surface area contributed by atoms with Crippen LogP contribution in [0.4, 0.5) is 5.69 Å². The topological polar surface area (TPSA) is 41.6 Å². The lowest BCUT2D eigenvalue weighted by Gasteiger charge is -2.33. The Labute approximate surface area is 108 Å². The number of nitrogens with zero attached hydrogens (tertiary/aromatic N) is 1. The van der Waals surface area contributed by atoms with Gasteiger partial charge in [-0.2, -0.15) is 0 Å². The van der Waals surface area contributed by atoms with Crippen LogP contribution < -0.4 is 15.0 Å². The van der Waals surface area contributed by atoms with Crippen LogP contribution in [0.15, 0.2) is 24.3 Å². The number of fused-ring (bicyclic) bond motifs is 1. The standard InChI is InChI=1S/C14H20N2O2/c1-3-15-9-6-10-16-12-7-4-5-8-13(12)18-11(2)14(16)17/h4-5,7-8,11,15H,3,6,9-10H2,1-2H3. The average molecular weight is 248 g/mol. The first kappa shape index (κ1) is 12.9. The number of benzene rings is 1. The molecule has 1 unspecified atom stereocenters. The number of carbonyl (C=O) groups excluding carboxylic acids is 1. The zero-order valence-corrected chi connectivity index (χ0v) is 11.0. The van der Waals surface area contributed by atoms with Gasteiger partial charge in [0.1, 0.15) is 5.75 Å². The summed E-state index contributed by atoms with van der Waals surface area (Å²) < 4.78 is 5.59. The van der Waals surface area contributed by atoms with Gasteiger partial charge in [0, 0.05) is 6.54 Å². The molecule has 0 aliphatic carbocycles. The van der Waals surface area contributed by atoms with E-state index in [-0.39, 0.29) is 12.0 Å². The lowest BCUT2D eigenvalue weighted by atomic mass is 10.2. The van der Waals surface area contributed by atoms with Crippen molar-refractivity contribution in [3.05, 3.63) is 24.3 Å². The van der Waals surface area contributed by atoms with Crippen molar-refractivity contribution in [1.82, 2.24) is 5.32 Å². The maximum absolute atomic E-state index is 12.1. The molecule has 4 heteroatoms. The fraction of sp³-hybridized carbons (Fsp3) is 0.500. The van der Waals surface area contributed by atoms with Crippen molar-refractivity contribution in [2.45, 2.75) is 26.4 Å². The third-order valence-corrected chi connectivity index (χ3v) is 3.06. The van der Waals surface area contributed by atoms with Crippen LogP contribution in [0.5, 0.6) is 5.75 Å². The molecule has 0 radical (unpaired) electrons. The van der Waals surface area contributed by atoms with Gasteiger partial charge in [0.25, 0.3) is 5.91 Å². The van der Waals surface area contributed by atoms with Crippen molar-refractivity contribution >= 4 is 11.6 Å². The highest BCUT2D eigenvalue weighted by atomic mass is 16.5. The Bertz CT molecular complexity index is 420. The molecule has 0 fully saturated rings. The molecule has 2 rings (SSSR count). The van der Waals surface area contributed by atoms with Gasteiger partial charge in [-0.25, -0.2) is 0 Å². The Morgan fingerprint density at radius 1 is 1.39 bits per heavy atom. The summed E-state index contributed by atoms with van der Waals surface area (Å²) in [5, 5.41) is 3.27. The van der Waals surface area contributed by atoms with Gasteiger partial charge < -0.3 is 15.0 Å². The highest BCUT2D eigenvalue weighted by Gasteiger charge is 2.30. The maximum Gasteiger partial charge on any atom is 0.267 e. The molecule has 1 aliphatic rings. The van der Waals surface area contributed by atoms with Gasteiger partial charge in [-0.05, 0) is 38.6 Å². The number of rotatable bonds is 5. The molecule has 1 aliphatic heterocycles. The van der Waals surface area contributed by atoms with E-state index in [1.807, 2.05) is 29.2 Å². The first-order valence-corrected chi connectivity index (χ1v) is 6.51. The maximum atomic E-state index is 12.1. The summed E-state index contributed by atoms with van der Waals surface area (Å²) in [5.74, 6) is 0.846. The Balaban J connectivity index is 2.09. The van der Waals surface area contributed by atoms with Crippen LogP contribution in [0, 0.1) is 0 Å². The van der Waals surface area contributed by atoms with Crippen LogP contribution in [-0.2, 0) is 4.79 Å². The lowest BCUT2D eigenvalue weighted by molar-refractivity contribution is -0.125. The molecule has 0 aromatic heterocycles. The van der Waals surface area contributed by atoms with E-state index < -0.39 is 0 Å². The number of hydrogen-bond donors (Lipinski definition) is 1. The Hall–Kier alpha value is -1.55. The highest BCUT2D eigenvalue weighted by Crippen LogP contribution is 2.33. The van der Waals surface area contributed by atoms with Crippen molar-refractivity contribution in [2.75, 3.05) is 24.5 Å². The van der Waals surface area contributed by atoms with Gasteiger partial charge in [-0.3, -0.25) is 4.79 Å². The van der Waals surface area contributed by atoms with Crippen LogP contribution in [0.25, 0.3) is 0 Å². The van der Waals surface area contributed by atoms with Gasteiger partial charge >= 0.3 is 0 Å². The average Bonchev–Trinajstić information content (AvgIpc) is 2.38. The first-order valence-electron chi connectivity index (χ1n) is 6.51. The van der Waals surface area contributed by atoms with E-state index in [2.05, 4.69) is 12.2 Å². The molecule has 0 bridgehead atoms. The predicted octanol–water partition coefficient (Wildman–Crippen LogP) is 1.80. The van der Waals surface area contributed by atoms with Crippen molar-refractivity contribution in [3.63, 3.8) is 0 Å². The quantitative estimate of drug-likeness (QED) is 0.808. The van der Waals surface area contributed by atoms with E-state index in [0.717, 1.165) is 37.5 Å². The van der Waals surface area contributed by atoms with E-state index in [4.69, 9.17) is 4.74 Å². The molecule has 1 aromatic carbocycles. The smallest absolute Gasteiger partial charge is 0.267 e. The predicted molar refractivity (Wildman–Crippen MR) is 72.0 cm³/mol. The minimum atomic E-state index is -0.390. The van der Waals surface area contributed by atoms with E-state index in [1.165, 1.54) is 0 Å². The summed E-state index contributed by atoms with van der Waals surface area (Å²) in [6.45, 7) is 6.51. The number of ether oxygens (including phenoxy) is 1. The van der Waals surface area contributed by atoms with Crippen LogP contribution in [0.1, 0.15) is 20.3 Å². The molecular formula is C14H20N2O2. The number of amides is 1. The Morgan fingerprint density at radius 3 is 2.94 bits per heavy atom. The van der Waals surface area contributed by atoms with Gasteiger partial charge in [0.2, 0.25) is 0 Å². The van der Waals surface area contributed by atoms with E-state index in [0.29, 0.717) is 0 Å². The van der Waals surface area contributed by atoms with Crippen molar-refractivity contribution in [1.29, 1.82) is 0 Å². The van der Waals surface area contributed by atoms with Crippen molar-refractivity contribution in [2.24, 2.45) is 0 Å². The molecule has 4 nitrogen and oxygen atoms in total. The minimum Gasteiger partial charge on any atom is -0.479 e. The normalized spacial score (nSPS) is 18.4. The molecule has 0 saturated heterocycles. The molecule has 1 atom stereocenters. The largest absolute Gasteiger partial charge is 0.479 e. The number of carbonyl (C=O) groups is 1. The van der Waals surface area contributed by atoms with Crippen LogP contribution >= 0.6 is 0 Å². The third-order valence-electron chi connectivity index (χ3n) is 3.06. The number of para-hydroxylation sites is 2. The summed E-state index contributed by atoms with van der Waals surface area (Å²) in [6, 6.07) is 7.71. The molecular weight excluding hydrogens is 228 g/mol. The second-order valence-corrected chi connectivity index (χ2v) is 4.42. The van der Waals surface area contributed by atoms with Gasteiger partial charge in [-0.15, -0.1) is 0 Å². The molecule has 18 heavy (non-hydrogen) atoms. The van der Waals surface area contributed by atoms with Crippen molar-refractivity contribution in [3.8, 4) is 5.75 Å². The summed E-state index contributed by atoms with van der Waals surface area (Å²) in [5.41, 5.74) is 0.886. The lowest BCUT2D eigenvalue weighted by Crippen LogP contribution is -2.45. The molecule has 1 heterocycles. The van der Waals surface area contributed by atoms with Gasteiger partial charge in [0.05, 0.1) is 5.69 Å². The van der Waals surface area contributed by atoms with Gasteiger partial charge in [-0.1, -0.05) is 19.1 Å². The van der Waals surface area contributed by atoms with Crippen molar-refractivity contribution < 1.29 is 9.53 Å². The number of nitrogens with one attached hydrogen (secondary N) is 1. The fourth-order valence-electron chi connectivity index (χ4n) is 2.13. The van der Waals surface area contributed by atoms with Crippen LogP contribution in [0.3, 0.4) is 0 Å². The zero-order valence-electron chi connectivity index (χ0n) is 11.0. The molecule has 0 saturated carbocycles. The minimum absolute atomic E-state index is 0.0465. The molecule has 1 N–H and O–H groups in total. The second-order valence-electron chi connectivity index (χ2n) is 4.42. The van der Waals surface area contributed by atoms with Crippen LogP contribution in [-0.4, -0.2) is 31.6 Å². The Morgan fingerprint density at radius 2 is 2.17 bits per heavy atom. The summed E-state index contributed by atoms with van der Waals surface area (Å²) in [7, 11) is 0. The number of anilines is 1. The second kappa shape index (κ2) is 5.87. The highest BCUT2D eigenvalue weighted by molar-refractivity contribution is 5.99. The number of hydrogen-bond acceptors (Lipinski definition) is 3. The van der Waals surface area contributed by atoms with Gasteiger partial charge in [0.15, 0.2) is 6.10 Å². The van der Waals surface area contributed by atoms with Crippen LogP contribution in [0.2, 0.25) is 0 Å². The van der Waals surface area contributed by atoms with E-state index in [1.54, 1.807) is 6.92 Å². The molecule has 1 amide bonds. The van der Waals surface area contributed by atoms with E-state index in [9.17, 15) is 4.79 Å². The Kier molecular flexibility index (Phi) is 4.20. The molecule has 98 valence electrons.